The van der Waals surface area contributed by atoms with Crippen LogP contribution in [0.1, 0.15) is 24.3 Å². The van der Waals surface area contributed by atoms with Crippen LogP contribution in [-0.4, -0.2) is 34.0 Å². The van der Waals surface area contributed by atoms with Crippen LogP contribution in [0.5, 0.6) is 0 Å². The molecule has 1 atom stereocenters. The molecule has 1 N–H and O–H groups in total. The van der Waals surface area contributed by atoms with Crippen LogP contribution in [-0.2, 0) is 11.3 Å². The number of aromatic nitrogens is 1. The second kappa shape index (κ2) is 5.80. The molecule has 1 aliphatic rings. The number of hydrogen-bond acceptors (Lipinski definition) is 4. The van der Waals surface area contributed by atoms with Gasteiger partial charge in [0.2, 0.25) is 0 Å². The van der Waals surface area contributed by atoms with Gasteiger partial charge in [-0.2, -0.15) is 0 Å². The zero-order valence-corrected chi connectivity index (χ0v) is 11.0. The Balaban J connectivity index is 1.76. The molecule has 0 amide bonds. The molecule has 1 aromatic heterocycles. The minimum absolute atomic E-state index is 0.279. The van der Waals surface area contributed by atoms with E-state index in [0.29, 0.717) is 5.92 Å². The van der Waals surface area contributed by atoms with Crippen LogP contribution in [0.15, 0.2) is 6.20 Å². The summed E-state index contributed by atoms with van der Waals surface area (Å²) in [6.45, 7) is 2.84. The standard InChI is InChI=1S/C11H15ClN2O2S/c12-9-5-13-10(17-9)7-14-4-3-8(6-14)1-2-11(15)16/h5,8H,1-4,6-7H2,(H,15,16). The van der Waals surface area contributed by atoms with E-state index >= 15 is 0 Å². The van der Waals surface area contributed by atoms with Crippen LogP contribution in [0.3, 0.4) is 0 Å². The van der Waals surface area contributed by atoms with Gasteiger partial charge in [0.25, 0.3) is 0 Å². The molecule has 0 spiro atoms. The molecule has 0 radical (unpaired) electrons. The molecule has 17 heavy (non-hydrogen) atoms. The molecule has 2 heterocycles. The zero-order valence-electron chi connectivity index (χ0n) is 9.43. The maximum absolute atomic E-state index is 10.5. The molecule has 1 aliphatic heterocycles. The van der Waals surface area contributed by atoms with Crippen molar-refractivity contribution in [1.29, 1.82) is 0 Å². The lowest BCUT2D eigenvalue weighted by Crippen LogP contribution is -2.20. The van der Waals surface area contributed by atoms with Crippen molar-refractivity contribution in [2.45, 2.75) is 25.8 Å². The Kier molecular flexibility index (Phi) is 4.36. The minimum Gasteiger partial charge on any atom is -0.481 e. The highest BCUT2D eigenvalue weighted by Gasteiger charge is 2.23. The van der Waals surface area contributed by atoms with Crippen molar-refractivity contribution in [2.24, 2.45) is 5.92 Å². The first kappa shape index (κ1) is 12.8. The van der Waals surface area contributed by atoms with E-state index in [2.05, 4.69) is 9.88 Å². The second-order valence-corrected chi connectivity index (χ2v) is 6.13. The summed E-state index contributed by atoms with van der Waals surface area (Å²) in [4.78, 5) is 17.0. The van der Waals surface area contributed by atoms with Gasteiger partial charge in [0.1, 0.15) is 9.34 Å². The molecular weight excluding hydrogens is 260 g/mol. The first-order valence-corrected chi connectivity index (χ1v) is 6.87. The van der Waals surface area contributed by atoms with Crippen LogP contribution in [0.4, 0.5) is 0 Å². The first-order valence-electron chi connectivity index (χ1n) is 5.68. The fourth-order valence-electron chi connectivity index (χ4n) is 2.17. The van der Waals surface area contributed by atoms with Crippen LogP contribution >= 0.6 is 22.9 Å². The maximum atomic E-state index is 10.5. The summed E-state index contributed by atoms with van der Waals surface area (Å²) in [5.41, 5.74) is 0. The third kappa shape index (κ3) is 3.94. The average molecular weight is 275 g/mol. The molecule has 4 nitrogen and oxygen atoms in total. The van der Waals surface area contributed by atoms with Crippen molar-refractivity contribution < 1.29 is 9.90 Å². The number of carboxylic acids is 1. The molecule has 1 fully saturated rings. The Hall–Kier alpha value is -0.650. The van der Waals surface area contributed by atoms with E-state index in [1.165, 1.54) is 11.3 Å². The van der Waals surface area contributed by atoms with E-state index in [1.54, 1.807) is 6.20 Å². The molecule has 6 heteroatoms. The Morgan fingerprint density at radius 1 is 1.71 bits per heavy atom. The van der Waals surface area contributed by atoms with Gasteiger partial charge in [0, 0.05) is 13.0 Å². The lowest BCUT2D eigenvalue weighted by molar-refractivity contribution is -0.137. The Morgan fingerprint density at radius 3 is 3.18 bits per heavy atom. The van der Waals surface area contributed by atoms with Crippen molar-refractivity contribution >= 4 is 28.9 Å². The monoisotopic (exact) mass is 274 g/mol. The number of aliphatic carboxylic acids is 1. The largest absolute Gasteiger partial charge is 0.481 e. The van der Waals surface area contributed by atoms with Gasteiger partial charge < -0.3 is 5.11 Å². The van der Waals surface area contributed by atoms with E-state index in [0.717, 1.165) is 41.8 Å². The number of carboxylic acid groups (broad SMARTS) is 1. The maximum Gasteiger partial charge on any atom is 0.303 e. The van der Waals surface area contributed by atoms with E-state index in [9.17, 15) is 4.79 Å². The summed E-state index contributed by atoms with van der Waals surface area (Å²) in [5, 5.41) is 9.68. The second-order valence-electron chi connectivity index (χ2n) is 4.38. The number of thiazole rings is 1. The van der Waals surface area contributed by atoms with Gasteiger partial charge in [-0.15, -0.1) is 11.3 Å². The number of halogens is 1. The summed E-state index contributed by atoms with van der Waals surface area (Å²) < 4.78 is 0.724. The summed E-state index contributed by atoms with van der Waals surface area (Å²) in [7, 11) is 0. The molecular formula is C11H15ClN2O2S. The van der Waals surface area contributed by atoms with Gasteiger partial charge in [0.15, 0.2) is 0 Å². The summed E-state index contributed by atoms with van der Waals surface area (Å²) in [6.07, 6.45) is 3.83. The van der Waals surface area contributed by atoms with Crippen molar-refractivity contribution in [3.8, 4) is 0 Å². The lowest BCUT2D eigenvalue weighted by Gasteiger charge is -2.13. The van der Waals surface area contributed by atoms with Crippen LogP contribution in [0.2, 0.25) is 4.34 Å². The fourth-order valence-corrected chi connectivity index (χ4v) is 3.17. The van der Waals surface area contributed by atoms with Gasteiger partial charge in [0.05, 0.1) is 12.7 Å². The fraction of sp³-hybridized carbons (Fsp3) is 0.636. The van der Waals surface area contributed by atoms with E-state index in [-0.39, 0.29) is 6.42 Å². The highest BCUT2D eigenvalue weighted by Crippen LogP contribution is 2.25. The Morgan fingerprint density at radius 2 is 2.53 bits per heavy atom. The third-order valence-electron chi connectivity index (χ3n) is 3.02. The van der Waals surface area contributed by atoms with Gasteiger partial charge in [-0.05, 0) is 25.3 Å². The van der Waals surface area contributed by atoms with Crippen molar-refractivity contribution in [1.82, 2.24) is 9.88 Å². The molecule has 0 saturated carbocycles. The van der Waals surface area contributed by atoms with Gasteiger partial charge >= 0.3 is 5.97 Å². The molecule has 1 unspecified atom stereocenters. The number of hydrogen-bond donors (Lipinski definition) is 1. The lowest BCUT2D eigenvalue weighted by atomic mass is 10.0. The number of likely N-dealkylation sites (tertiary alicyclic amines) is 1. The summed E-state index contributed by atoms with van der Waals surface area (Å²) >= 11 is 7.34. The smallest absolute Gasteiger partial charge is 0.303 e. The summed E-state index contributed by atoms with van der Waals surface area (Å²) in [6, 6.07) is 0. The predicted molar refractivity (Wildman–Crippen MR) is 67.4 cm³/mol. The molecule has 1 saturated heterocycles. The average Bonchev–Trinajstić information content (AvgIpc) is 2.86. The van der Waals surface area contributed by atoms with Gasteiger partial charge in [-0.3, -0.25) is 9.69 Å². The Labute approximate surface area is 109 Å². The van der Waals surface area contributed by atoms with E-state index in [4.69, 9.17) is 16.7 Å². The molecule has 0 aromatic carbocycles. The first-order chi connectivity index (χ1) is 8.13. The predicted octanol–water partition coefficient (Wildman–Crippen LogP) is 2.48. The molecule has 0 bridgehead atoms. The highest BCUT2D eigenvalue weighted by atomic mass is 35.5. The number of nitrogens with zero attached hydrogens (tertiary/aromatic N) is 2. The molecule has 1 aromatic rings. The minimum atomic E-state index is -0.699. The van der Waals surface area contributed by atoms with Crippen molar-refractivity contribution in [3.05, 3.63) is 15.5 Å². The van der Waals surface area contributed by atoms with E-state index < -0.39 is 5.97 Å². The normalized spacial score (nSPS) is 20.9. The van der Waals surface area contributed by atoms with Crippen LogP contribution < -0.4 is 0 Å². The molecule has 0 aliphatic carbocycles. The number of rotatable bonds is 5. The van der Waals surface area contributed by atoms with Crippen molar-refractivity contribution in [3.63, 3.8) is 0 Å². The summed E-state index contributed by atoms with van der Waals surface area (Å²) in [5.74, 6) is -0.184. The zero-order chi connectivity index (χ0) is 12.3. The molecule has 94 valence electrons. The quantitative estimate of drug-likeness (QED) is 0.896. The third-order valence-corrected chi connectivity index (χ3v) is 4.12. The molecule has 2 rings (SSSR count). The van der Waals surface area contributed by atoms with Crippen molar-refractivity contribution in [2.75, 3.05) is 13.1 Å². The SMILES string of the molecule is O=C(O)CCC1CCN(Cc2ncc(Cl)s2)C1. The van der Waals surface area contributed by atoms with Crippen LogP contribution in [0, 0.1) is 5.92 Å². The van der Waals surface area contributed by atoms with Gasteiger partial charge in [-0.25, -0.2) is 4.98 Å². The van der Waals surface area contributed by atoms with Gasteiger partial charge in [-0.1, -0.05) is 11.6 Å². The van der Waals surface area contributed by atoms with Crippen LogP contribution in [0.25, 0.3) is 0 Å². The number of carbonyl (C=O) groups is 1. The van der Waals surface area contributed by atoms with E-state index in [1.807, 2.05) is 0 Å². The Bertz CT molecular complexity index is 397. The highest BCUT2D eigenvalue weighted by molar-refractivity contribution is 7.15. The topological polar surface area (TPSA) is 53.4 Å².